The fourth-order valence-corrected chi connectivity index (χ4v) is 3.05. The molecule has 21 heavy (non-hydrogen) atoms. The smallest absolute Gasteiger partial charge is 0.0426 e. The second-order valence-corrected chi connectivity index (χ2v) is 5.42. The van der Waals surface area contributed by atoms with E-state index in [-0.39, 0.29) is 0 Å². The van der Waals surface area contributed by atoms with Crippen molar-refractivity contribution >= 4 is 17.1 Å². The molecule has 1 aliphatic carbocycles. The van der Waals surface area contributed by atoms with Crippen LogP contribution in [0.15, 0.2) is 66.7 Å². The highest BCUT2D eigenvalue weighted by atomic mass is 14.9. The topological polar surface area (TPSA) is 38.0 Å². The van der Waals surface area contributed by atoms with Gasteiger partial charge in [0, 0.05) is 23.5 Å². The molecule has 0 saturated heterocycles. The van der Waals surface area contributed by atoms with Crippen LogP contribution in [0.5, 0.6) is 0 Å². The highest BCUT2D eigenvalue weighted by Crippen LogP contribution is 2.40. The van der Waals surface area contributed by atoms with Crippen molar-refractivity contribution in [2.45, 2.75) is 6.42 Å². The Morgan fingerprint density at radius 3 is 2.52 bits per heavy atom. The lowest BCUT2D eigenvalue weighted by Gasteiger charge is -2.12. The van der Waals surface area contributed by atoms with Crippen LogP contribution in [0.3, 0.4) is 0 Å². The number of rotatable bonds is 2. The van der Waals surface area contributed by atoms with E-state index in [1.165, 1.54) is 22.3 Å². The predicted molar refractivity (Wildman–Crippen MR) is 88.8 cm³/mol. The quantitative estimate of drug-likeness (QED) is 0.524. The lowest BCUT2D eigenvalue weighted by molar-refractivity contribution is 1.26. The third kappa shape index (κ3) is 2.05. The van der Waals surface area contributed by atoms with E-state index in [1.807, 2.05) is 24.3 Å². The van der Waals surface area contributed by atoms with E-state index < -0.39 is 0 Å². The second-order valence-electron chi connectivity index (χ2n) is 5.42. The third-order valence-corrected chi connectivity index (χ3v) is 4.02. The van der Waals surface area contributed by atoms with E-state index in [1.54, 1.807) is 0 Å². The van der Waals surface area contributed by atoms with Gasteiger partial charge in [0.1, 0.15) is 0 Å². The molecule has 0 amide bonds. The molecule has 0 fully saturated rings. The molecular weight excluding hydrogens is 256 g/mol. The van der Waals surface area contributed by atoms with Gasteiger partial charge in [0.05, 0.1) is 0 Å². The van der Waals surface area contributed by atoms with Crippen molar-refractivity contribution in [3.8, 4) is 11.1 Å². The molecular formula is C19H16N2. The molecule has 3 aromatic rings. The maximum absolute atomic E-state index is 5.85. The Hall–Kier alpha value is -2.74. The largest absolute Gasteiger partial charge is 0.399 e. The summed E-state index contributed by atoms with van der Waals surface area (Å²) in [4.78, 5) is 0. The van der Waals surface area contributed by atoms with Crippen molar-refractivity contribution in [2.75, 3.05) is 11.1 Å². The minimum absolute atomic E-state index is 0.774. The van der Waals surface area contributed by atoms with E-state index in [4.69, 9.17) is 5.73 Å². The highest BCUT2D eigenvalue weighted by Gasteiger charge is 2.20. The zero-order chi connectivity index (χ0) is 14.2. The molecule has 0 radical (unpaired) electrons. The summed E-state index contributed by atoms with van der Waals surface area (Å²) in [6, 6.07) is 22.9. The molecule has 0 aromatic heterocycles. The molecule has 0 bridgehead atoms. The van der Waals surface area contributed by atoms with Crippen LogP contribution in [-0.4, -0.2) is 0 Å². The van der Waals surface area contributed by atoms with Gasteiger partial charge in [0.15, 0.2) is 0 Å². The van der Waals surface area contributed by atoms with Gasteiger partial charge in [0.25, 0.3) is 0 Å². The van der Waals surface area contributed by atoms with Crippen LogP contribution in [0.1, 0.15) is 11.1 Å². The summed E-state index contributed by atoms with van der Waals surface area (Å²) in [6.07, 6.45) is 0.983. The van der Waals surface area contributed by atoms with Gasteiger partial charge < -0.3 is 11.1 Å². The summed E-state index contributed by atoms with van der Waals surface area (Å²) in [5, 5.41) is 3.50. The molecule has 2 nitrogen and oxygen atoms in total. The van der Waals surface area contributed by atoms with E-state index in [9.17, 15) is 0 Å². The van der Waals surface area contributed by atoms with Crippen LogP contribution in [0.2, 0.25) is 0 Å². The Labute approximate surface area is 124 Å². The van der Waals surface area contributed by atoms with Crippen molar-refractivity contribution in [2.24, 2.45) is 0 Å². The van der Waals surface area contributed by atoms with Gasteiger partial charge in [-0.3, -0.25) is 0 Å². The predicted octanol–water partition coefficient (Wildman–Crippen LogP) is 4.58. The summed E-state index contributed by atoms with van der Waals surface area (Å²) >= 11 is 0. The van der Waals surface area contributed by atoms with Crippen molar-refractivity contribution in [1.82, 2.24) is 0 Å². The molecule has 102 valence electrons. The molecule has 0 spiro atoms. The molecule has 4 rings (SSSR count). The first-order chi connectivity index (χ1) is 10.3. The molecule has 1 aliphatic rings. The summed E-state index contributed by atoms with van der Waals surface area (Å²) in [5.41, 5.74) is 14.3. The minimum atomic E-state index is 0.774. The van der Waals surface area contributed by atoms with Crippen molar-refractivity contribution < 1.29 is 0 Å². The lowest BCUT2D eigenvalue weighted by Crippen LogP contribution is -1.96. The Morgan fingerprint density at radius 1 is 0.810 bits per heavy atom. The van der Waals surface area contributed by atoms with Crippen molar-refractivity contribution in [1.29, 1.82) is 0 Å². The fourth-order valence-electron chi connectivity index (χ4n) is 3.05. The molecule has 2 heteroatoms. The summed E-state index contributed by atoms with van der Waals surface area (Å²) in [5.74, 6) is 0. The van der Waals surface area contributed by atoms with E-state index in [0.29, 0.717) is 0 Å². The lowest BCUT2D eigenvalue weighted by atomic mass is 10.0. The van der Waals surface area contributed by atoms with Gasteiger partial charge in [-0.15, -0.1) is 0 Å². The first-order valence-electron chi connectivity index (χ1n) is 7.14. The monoisotopic (exact) mass is 272 g/mol. The minimum Gasteiger partial charge on any atom is -0.399 e. The zero-order valence-corrected chi connectivity index (χ0v) is 11.6. The van der Waals surface area contributed by atoms with E-state index >= 15 is 0 Å². The summed E-state index contributed by atoms with van der Waals surface area (Å²) in [7, 11) is 0. The van der Waals surface area contributed by atoms with Crippen LogP contribution in [0.4, 0.5) is 17.1 Å². The Bertz CT molecular complexity index is 821. The first kappa shape index (κ1) is 12.0. The van der Waals surface area contributed by atoms with Crippen LogP contribution >= 0.6 is 0 Å². The van der Waals surface area contributed by atoms with Crippen LogP contribution in [0.25, 0.3) is 11.1 Å². The zero-order valence-electron chi connectivity index (χ0n) is 11.6. The highest BCUT2D eigenvalue weighted by molar-refractivity contribution is 5.83. The maximum Gasteiger partial charge on any atom is 0.0426 e. The first-order valence-corrected chi connectivity index (χ1v) is 7.14. The van der Waals surface area contributed by atoms with Gasteiger partial charge in [-0.25, -0.2) is 0 Å². The number of hydrogen-bond acceptors (Lipinski definition) is 2. The Balaban J connectivity index is 1.76. The summed E-state index contributed by atoms with van der Waals surface area (Å²) < 4.78 is 0. The Morgan fingerprint density at radius 2 is 1.62 bits per heavy atom. The normalized spacial score (nSPS) is 11.8. The maximum atomic E-state index is 5.85. The van der Waals surface area contributed by atoms with Gasteiger partial charge >= 0.3 is 0 Å². The number of hydrogen-bond donors (Lipinski definition) is 2. The van der Waals surface area contributed by atoms with Crippen LogP contribution < -0.4 is 11.1 Å². The summed E-state index contributed by atoms with van der Waals surface area (Å²) in [6.45, 7) is 0. The van der Waals surface area contributed by atoms with Gasteiger partial charge in [0.2, 0.25) is 0 Å². The van der Waals surface area contributed by atoms with E-state index in [2.05, 4.69) is 47.8 Å². The van der Waals surface area contributed by atoms with E-state index in [0.717, 1.165) is 23.5 Å². The SMILES string of the molecule is Nc1cccc(Nc2cccc3c2Cc2ccccc2-3)c1. The second kappa shape index (κ2) is 4.67. The number of nitrogens with one attached hydrogen (secondary N) is 1. The molecule has 0 atom stereocenters. The van der Waals surface area contributed by atoms with Gasteiger partial charge in [-0.05, 0) is 46.5 Å². The molecule has 0 aliphatic heterocycles. The van der Waals surface area contributed by atoms with Crippen LogP contribution in [0, 0.1) is 0 Å². The molecule has 0 saturated carbocycles. The standard InChI is InChI=1S/C19H16N2/c20-14-6-3-7-15(12-14)21-19-10-4-9-17-16-8-2-1-5-13(16)11-18(17)19/h1-10,12,21H,11,20H2. The molecule has 0 heterocycles. The average Bonchev–Trinajstić information content (AvgIpc) is 2.87. The Kier molecular flexibility index (Phi) is 2.68. The van der Waals surface area contributed by atoms with Crippen molar-refractivity contribution in [3.05, 3.63) is 77.9 Å². The number of anilines is 3. The number of fused-ring (bicyclic) bond motifs is 3. The molecule has 3 N–H and O–H groups in total. The molecule has 3 aromatic carbocycles. The van der Waals surface area contributed by atoms with Crippen molar-refractivity contribution in [3.63, 3.8) is 0 Å². The molecule has 0 unspecified atom stereocenters. The van der Waals surface area contributed by atoms with Crippen LogP contribution in [-0.2, 0) is 6.42 Å². The fraction of sp³-hybridized carbons (Fsp3) is 0.0526. The number of nitrogens with two attached hydrogens (primary N) is 1. The number of nitrogen functional groups attached to an aromatic ring is 1. The number of benzene rings is 3. The van der Waals surface area contributed by atoms with Gasteiger partial charge in [-0.2, -0.15) is 0 Å². The third-order valence-electron chi connectivity index (χ3n) is 4.02. The average molecular weight is 272 g/mol. The van der Waals surface area contributed by atoms with Gasteiger partial charge in [-0.1, -0.05) is 42.5 Å².